The van der Waals surface area contributed by atoms with Gasteiger partial charge in [-0.05, 0) is 56.2 Å². The highest BCUT2D eigenvalue weighted by atomic mass is 32.2. The minimum atomic E-state index is -0.128. The van der Waals surface area contributed by atoms with Crippen molar-refractivity contribution in [2.45, 2.75) is 25.9 Å². The van der Waals surface area contributed by atoms with Gasteiger partial charge in [-0.25, -0.2) is 4.98 Å². The number of carbonyl (C=O) groups is 1. The summed E-state index contributed by atoms with van der Waals surface area (Å²) in [5.41, 5.74) is 4.98. The quantitative estimate of drug-likeness (QED) is 0.253. The van der Waals surface area contributed by atoms with Crippen LogP contribution < -0.4 is 5.56 Å². The van der Waals surface area contributed by atoms with Crippen molar-refractivity contribution in [1.29, 1.82) is 0 Å². The fourth-order valence-corrected chi connectivity index (χ4v) is 4.37. The predicted molar refractivity (Wildman–Crippen MR) is 123 cm³/mol. The molecule has 0 spiro atoms. The topological polar surface area (TPSA) is 52.0 Å². The lowest BCUT2D eigenvalue weighted by Crippen LogP contribution is -2.23. The third-order valence-electron chi connectivity index (χ3n) is 5.13. The Hall–Kier alpha value is -3.18. The van der Waals surface area contributed by atoms with Gasteiger partial charge in [0.15, 0.2) is 10.9 Å². The Balaban J connectivity index is 1.79. The number of fused-ring (bicyclic) bond motifs is 1. The van der Waals surface area contributed by atoms with E-state index in [1.54, 1.807) is 10.6 Å². The standard InChI is InChI=1S/C25H22N2O2S/c1-16-12-13-17(2)20(14-16)23(28)15-30-25-26-21-10-6-5-9-19(21)24(29)27(25)22-11-7-4-8-18(22)3/h4-14H,15H2,1-3H3. The molecule has 1 aromatic heterocycles. The van der Waals surface area contributed by atoms with Gasteiger partial charge in [-0.1, -0.05) is 59.8 Å². The molecule has 4 aromatic rings. The Bertz CT molecular complexity index is 1320. The first-order valence-corrected chi connectivity index (χ1v) is 10.8. The summed E-state index contributed by atoms with van der Waals surface area (Å²) in [5, 5.41) is 1.08. The van der Waals surface area contributed by atoms with Crippen molar-refractivity contribution < 1.29 is 4.79 Å². The lowest BCUT2D eigenvalue weighted by atomic mass is 10.0. The van der Waals surface area contributed by atoms with Crippen molar-refractivity contribution in [1.82, 2.24) is 9.55 Å². The second-order valence-electron chi connectivity index (χ2n) is 7.37. The number of thioether (sulfide) groups is 1. The maximum atomic E-state index is 13.3. The lowest BCUT2D eigenvalue weighted by Gasteiger charge is -2.15. The van der Waals surface area contributed by atoms with Gasteiger partial charge in [0.1, 0.15) is 0 Å². The summed E-state index contributed by atoms with van der Waals surface area (Å²) < 4.78 is 1.62. The molecule has 0 unspecified atom stereocenters. The van der Waals surface area contributed by atoms with Crippen LogP contribution in [0, 0.1) is 20.8 Å². The molecule has 150 valence electrons. The van der Waals surface area contributed by atoms with Gasteiger partial charge in [-0.3, -0.25) is 14.2 Å². The lowest BCUT2D eigenvalue weighted by molar-refractivity contribution is 0.102. The zero-order valence-corrected chi connectivity index (χ0v) is 18.0. The number of nitrogens with zero attached hydrogens (tertiary/aromatic N) is 2. The van der Waals surface area contributed by atoms with E-state index in [4.69, 9.17) is 4.98 Å². The number of para-hydroxylation sites is 2. The van der Waals surface area contributed by atoms with Crippen molar-refractivity contribution >= 4 is 28.4 Å². The van der Waals surface area contributed by atoms with Gasteiger partial charge >= 0.3 is 0 Å². The van der Waals surface area contributed by atoms with Crippen LogP contribution in [-0.2, 0) is 0 Å². The molecule has 0 amide bonds. The van der Waals surface area contributed by atoms with E-state index < -0.39 is 0 Å². The van der Waals surface area contributed by atoms with Gasteiger partial charge in [0.25, 0.3) is 5.56 Å². The second kappa shape index (κ2) is 8.28. The van der Waals surface area contributed by atoms with Crippen molar-refractivity contribution in [3.8, 4) is 5.69 Å². The van der Waals surface area contributed by atoms with Crippen LogP contribution in [-0.4, -0.2) is 21.1 Å². The molecule has 0 aliphatic carbocycles. The first-order valence-electron chi connectivity index (χ1n) is 9.77. The SMILES string of the molecule is Cc1ccc(C)c(C(=O)CSc2nc3ccccc3c(=O)n2-c2ccccc2C)c1. The molecule has 0 N–H and O–H groups in total. The number of rotatable bonds is 5. The number of aryl methyl sites for hydroxylation is 3. The number of Topliss-reactive ketones (excluding diaryl/α,β-unsaturated/α-hetero) is 1. The molecule has 0 fully saturated rings. The summed E-state index contributed by atoms with van der Waals surface area (Å²) >= 11 is 1.30. The van der Waals surface area contributed by atoms with Crippen LogP contribution in [0.3, 0.4) is 0 Å². The average Bonchev–Trinajstić information content (AvgIpc) is 2.75. The number of carbonyl (C=O) groups excluding carboxylic acids is 1. The summed E-state index contributed by atoms with van der Waals surface area (Å²) in [4.78, 5) is 31.0. The Morgan fingerprint density at radius 3 is 2.47 bits per heavy atom. The van der Waals surface area contributed by atoms with Gasteiger partial charge in [0.05, 0.1) is 22.3 Å². The summed E-state index contributed by atoms with van der Waals surface area (Å²) in [6, 6.07) is 20.9. The van der Waals surface area contributed by atoms with Gasteiger partial charge in [-0.2, -0.15) is 0 Å². The third kappa shape index (κ3) is 3.81. The highest BCUT2D eigenvalue weighted by Crippen LogP contribution is 2.24. The molecular formula is C25H22N2O2S. The van der Waals surface area contributed by atoms with Crippen LogP contribution in [0.2, 0.25) is 0 Å². The number of ketones is 1. The zero-order valence-electron chi connectivity index (χ0n) is 17.2. The van der Waals surface area contributed by atoms with Crippen molar-refractivity contribution in [2.24, 2.45) is 0 Å². The minimum Gasteiger partial charge on any atom is -0.293 e. The van der Waals surface area contributed by atoms with E-state index in [-0.39, 0.29) is 17.1 Å². The highest BCUT2D eigenvalue weighted by Gasteiger charge is 2.17. The molecule has 0 bridgehead atoms. The Morgan fingerprint density at radius 1 is 0.933 bits per heavy atom. The van der Waals surface area contributed by atoms with Gasteiger partial charge in [0, 0.05) is 5.56 Å². The first kappa shape index (κ1) is 20.1. The average molecular weight is 415 g/mol. The Morgan fingerprint density at radius 2 is 1.67 bits per heavy atom. The number of hydrogen-bond donors (Lipinski definition) is 0. The normalized spacial score (nSPS) is 11.0. The Labute approximate surface area is 179 Å². The second-order valence-corrected chi connectivity index (χ2v) is 8.31. The van der Waals surface area contributed by atoms with Crippen LogP contribution in [0.15, 0.2) is 76.7 Å². The molecule has 4 rings (SSSR count). The fraction of sp³-hybridized carbons (Fsp3) is 0.160. The van der Waals surface area contributed by atoms with Crippen LogP contribution in [0.5, 0.6) is 0 Å². The smallest absolute Gasteiger partial charge is 0.266 e. The van der Waals surface area contributed by atoms with Crippen molar-refractivity contribution in [3.63, 3.8) is 0 Å². The molecule has 0 saturated heterocycles. The van der Waals surface area contributed by atoms with Crippen molar-refractivity contribution in [2.75, 3.05) is 5.75 Å². The molecule has 0 atom stereocenters. The number of hydrogen-bond acceptors (Lipinski definition) is 4. The summed E-state index contributed by atoms with van der Waals surface area (Å²) in [7, 11) is 0. The summed E-state index contributed by atoms with van der Waals surface area (Å²) in [5.74, 6) is 0.237. The van der Waals surface area contributed by atoms with Gasteiger partial charge in [0.2, 0.25) is 0 Å². The molecule has 3 aromatic carbocycles. The third-order valence-corrected chi connectivity index (χ3v) is 6.07. The van der Waals surface area contributed by atoms with E-state index in [2.05, 4.69) is 0 Å². The van der Waals surface area contributed by atoms with E-state index in [9.17, 15) is 9.59 Å². The van der Waals surface area contributed by atoms with Crippen molar-refractivity contribution in [3.05, 3.63) is 99.3 Å². The highest BCUT2D eigenvalue weighted by molar-refractivity contribution is 7.99. The maximum Gasteiger partial charge on any atom is 0.266 e. The molecule has 0 aliphatic heterocycles. The van der Waals surface area contributed by atoms with Crippen LogP contribution in [0.1, 0.15) is 27.0 Å². The maximum absolute atomic E-state index is 13.3. The number of benzene rings is 3. The molecular weight excluding hydrogens is 392 g/mol. The molecule has 4 nitrogen and oxygen atoms in total. The summed E-state index contributed by atoms with van der Waals surface area (Å²) in [6.45, 7) is 5.88. The molecule has 0 radical (unpaired) electrons. The molecule has 0 saturated carbocycles. The van der Waals surface area contributed by atoms with Gasteiger partial charge < -0.3 is 0 Å². The van der Waals surface area contributed by atoms with E-state index in [0.29, 0.717) is 21.6 Å². The van der Waals surface area contributed by atoms with E-state index >= 15 is 0 Å². The van der Waals surface area contributed by atoms with E-state index in [1.165, 1.54) is 11.8 Å². The van der Waals surface area contributed by atoms with E-state index in [0.717, 1.165) is 22.4 Å². The fourth-order valence-electron chi connectivity index (χ4n) is 3.48. The minimum absolute atomic E-state index is 0.0277. The van der Waals surface area contributed by atoms with E-state index in [1.807, 2.05) is 81.4 Å². The monoisotopic (exact) mass is 414 g/mol. The zero-order chi connectivity index (χ0) is 21.3. The first-order chi connectivity index (χ1) is 14.5. The number of aromatic nitrogens is 2. The molecule has 30 heavy (non-hydrogen) atoms. The molecule has 5 heteroatoms. The largest absolute Gasteiger partial charge is 0.293 e. The molecule has 0 aliphatic rings. The van der Waals surface area contributed by atoms with Gasteiger partial charge in [-0.15, -0.1) is 0 Å². The van der Waals surface area contributed by atoms with Crippen LogP contribution in [0.25, 0.3) is 16.6 Å². The van der Waals surface area contributed by atoms with Crippen LogP contribution >= 0.6 is 11.8 Å². The van der Waals surface area contributed by atoms with Crippen LogP contribution in [0.4, 0.5) is 0 Å². The Kier molecular flexibility index (Phi) is 5.55. The molecule has 1 heterocycles. The summed E-state index contributed by atoms with van der Waals surface area (Å²) in [6.07, 6.45) is 0. The predicted octanol–water partition coefficient (Wildman–Crippen LogP) is 5.29.